The molecule has 0 bridgehead atoms. The lowest BCUT2D eigenvalue weighted by molar-refractivity contribution is -0.127. The van der Waals surface area contributed by atoms with E-state index < -0.39 is 34.0 Å². The molecule has 136 valence electrons. The minimum atomic E-state index is -3.70. The van der Waals surface area contributed by atoms with E-state index in [-0.39, 0.29) is 17.0 Å². The van der Waals surface area contributed by atoms with E-state index in [0.29, 0.717) is 0 Å². The monoisotopic (exact) mass is 369 g/mol. The fraction of sp³-hybridized carbons (Fsp3) is 0.267. The lowest BCUT2D eigenvalue weighted by Gasteiger charge is -2.13. The van der Waals surface area contributed by atoms with E-state index in [1.807, 2.05) is 5.32 Å². The summed E-state index contributed by atoms with van der Waals surface area (Å²) in [5, 5.41) is 4.16. The van der Waals surface area contributed by atoms with Gasteiger partial charge in [0.05, 0.1) is 10.5 Å². The van der Waals surface area contributed by atoms with Gasteiger partial charge in [-0.2, -0.15) is 0 Å². The molecule has 0 saturated heterocycles. The molecule has 9 nitrogen and oxygen atoms in total. The normalized spacial score (nSPS) is 11.9. The van der Waals surface area contributed by atoms with Crippen molar-refractivity contribution in [2.45, 2.75) is 17.9 Å². The van der Waals surface area contributed by atoms with Crippen LogP contribution in [0, 0.1) is 0 Å². The Balaban J connectivity index is 2.75. The van der Waals surface area contributed by atoms with Gasteiger partial charge in [0, 0.05) is 13.6 Å². The smallest absolute Gasteiger partial charge is 0.338 e. The van der Waals surface area contributed by atoms with Crippen LogP contribution >= 0.6 is 0 Å². The largest absolute Gasteiger partial charge is 0.449 e. The molecule has 0 saturated carbocycles. The Labute approximate surface area is 145 Å². The number of nitrogens with one attached hydrogen (secondary N) is 3. The number of esters is 1. The van der Waals surface area contributed by atoms with Gasteiger partial charge < -0.3 is 10.1 Å². The van der Waals surface area contributed by atoms with Crippen molar-refractivity contribution in [1.82, 2.24) is 15.4 Å². The number of ether oxygens (including phenoxy) is 1. The lowest BCUT2D eigenvalue weighted by Crippen LogP contribution is -2.43. The number of imide groups is 1. The first-order chi connectivity index (χ1) is 11.7. The Bertz CT molecular complexity index is 758. The standard InChI is InChI=1S/C15H19N3O6S/c1-4-9-17-25(22,23)12-7-5-11(6-8-12)14(20)24-10(2)13(19)18-15(21)16-3/h4-8,10,17H,1,9H2,2-3H3,(H2,16,18,19,21)/t10-/m0/s1. The van der Waals surface area contributed by atoms with Crippen molar-refractivity contribution in [3.63, 3.8) is 0 Å². The first-order valence-electron chi connectivity index (χ1n) is 7.15. The summed E-state index contributed by atoms with van der Waals surface area (Å²) in [6.07, 6.45) is 0.191. The highest BCUT2D eigenvalue weighted by Gasteiger charge is 2.21. The van der Waals surface area contributed by atoms with Crippen molar-refractivity contribution in [3.8, 4) is 0 Å². The first-order valence-corrected chi connectivity index (χ1v) is 8.63. The van der Waals surface area contributed by atoms with Gasteiger partial charge >= 0.3 is 12.0 Å². The molecule has 1 rings (SSSR count). The van der Waals surface area contributed by atoms with Gasteiger partial charge in [-0.25, -0.2) is 22.7 Å². The SMILES string of the molecule is C=CCNS(=O)(=O)c1ccc(C(=O)O[C@@H](C)C(=O)NC(=O)NC)cc1. The number of sulfonamides is 1. The second-order valence-electron chi connectivity index (χ2n) is 4.78. The number of benzene rings is 1. The van der Waals surface area contributed by atoms with Crippen LogP contribution < -0.4 is 15.4 Å². The number of urea groups is 1. The molecular weight excluding hydrogens is 350 g/mol. The summed E-state index contributed by atoms with van der Waals surface area (Å²) in [5.74, 6) is -1.62. The van der Waals surface area contributed by atoms with E-state index >= 15 is 0 Å². The fourth-order valence-corrected chi connectivity index (χ4v) is 2.58. The summed E-state index contributed by atoms with van der Waals surface area (Å²) in [4.78, 5) is 34.6. The van der Waals surface area contributed by atoms with E-state index in [9.17, 15) is 22.8 Å². The molecule has 0 aliphatic rings. The van der Waals surface area contributed by atoms with E-state index in [1.165, 1.54) is 44.3 Å². The van der Waals surface area contributed by atoms with Gasteiger partial charge in [-0.3, -0.25) is 10.1 Å². The molecule has 10 heteroatoms. The molecule has 3 N–H and O–H groups in total. The Hall–Kier alpha value is -2.72. The average Bonchev–Trinajstić information content (AvgIpc) is 2.59. The van der Waals surface area contributed by atoms with Crippen LogP contribution in [0.4, 0.5) is 4.79 Å². The third-order valence-electron chi connectivity index (χ3n) is 2.93. The molecule has 0 fully saturated rings. The van der Waals surface area contributed by atoms with E-state index in [0.717, 1.165) is 0 Å². The van der Waals surface area contributed by atoms with E-state index in [4.69, 9.17) is 4.74 Å². The van der Waals surface area contributed by atoms with Gasteiger partial charge in [0.2, 0.25) is 10.0 Å². The van der Waals surface area contributed by atoms with Crippen LogP contribution in [0.2, 0.25) is 0 Å². The summed E-state index contributed by atoms with van der Waals surface area (Å²) in [6.45, 7) is 4.79. The summed E-state index contributed by atoms with van der Waals surface area (Å²) in [6, 6.07) is 4.26. The van der Waals surface area contributed by atoms with Gasteiger partial charge in [-0.15, -0.1) is 6.58 Å². The number of amides is 3. The lowest BCUT2D eigenvalue weighted by atomic mass is 10.2. The molecule has 1 aromatic carbocycles. The number of hydrogen-bond donors (Lipinski definition) is 3. The highest BCUT2D eigenvalue weighted by Crippen LogP contribution is 2.12. The molecule has 3 amide bonds. The van der Waals surface area contributed by atoms with Gasteiger partial charge in [0.25, 0.3) is 5.91 Å². The van der Waals surface area contributed by atoms with Gasteiger partial charge in [0.15, 0.2) is 6.10 Å². The Morgan fingerprint density at radius 1 is 1.24 bits per heavy atom. The maximum Gasteiger partial charge on any atom is 0.338 e. The molecule has 0 radical (unpaired) electrons. The van der Waals surface area contributed by atoms with E-state index in [1.54, 1.807) is 0 Å². The topological polar surface area (TPSA) is 131 Å². The number of hydrogen-bond acceptors (Lipinski definition) is 6. The maximum absolute atomic E-state index is 12.0. The number of carbonyl (C=O) groups is 3. The van der Waals surface area contributed by atoms with Crippen molar-refractivity contribution in [3.05, 3.63) is 42.5 Å². The zero-order chi connectivity index (χ0) is 19.0. The third-order valence-corrected chi connectivity index (χ3v) is 4.37. The zero-order valence-electron chi connectivity index (χ0n) is 13.7. The maximum atomic E-state index is 12.0. The minimum absolute atomic E-state index is 0.0312. The average molecular weight is 369 g/mol. The van der Waals surface area contributed by atoms with Crippen LogP contribution in [0.15, 0.2) is 41.8 Å². The summed E-state index contributed by atoms with van der Waals surface area (Å²) >= 11 is 0. The molecule has 0 spiro atoms. The van der Waals surface area contributed by atoms with Gasteiger partial charge in [-0.05, 0) is 31.2 Å². The summed E-state index contributed by atoms with van der Waals surface area (Å²) in [7, 11) is -2.37. The Morgan fingerprint density at radius 3 is 2.36 bits per heavy atom. The highest BCUT2D eigenvalue weighted by atomic mass is 32.2. The van der Waals surface area contributed by atoms with E-state index in [2.05, 4.69) is 16.6 Å². The van der Waals surface area contributed by atoms with Crippen molar-refractivity contribution < 1.29 is 27.5 Å². The molecule has 0 aliphatic carbocycles. The second-order valence-corrected chi connectivity index (χ2v) is 6.55. The Kier molecular flexibility index (Phi) is 7.27. The van der Waals surface area contributed by atoms with Crippen LogP contribution in [0.25, 0.3) is 0 Å². The molecule has 0 aromatic heterocycles. The van der Waals surface area contributed by atoms with Crippen LogP contribution in [-0.4, -0.2) is 46.0 Å². The second kappa shape index (κ2) is 8.94. The van der Waals surface area contributed by atoms with Gasteiger partial charge in [-0.1, -0.05) is 6.08 Å². The number of rotatable bonds is 7. The fourth-order valence-electron chi connectivity index (χ4n) is 1.58. The van der Waals surface area contributed by atoms with Crippen molar-refractivity contribution in [2.75, 3.05) is 13.6 Å². The zero-order valence-corrected chi connectivity index (χ0v) is 14.6. The molecule has 1 atom stereocenters. The van der Waals surface area contributed by atoms with Crippen LogP contribution in [0.3, 0.4) is 0 Å². The molecule has 25 heavy (non-hydrogen) atoms. The van der Waals surface area contributed by atoms with Crippen molar-refractivity contribution in [1.29, 1.82) is 0 Å². The summed E-state index contributed by atoms with van der Waals surface area (Å²) < 4.78 is 31.0. The van der Waals surface area contributed by atoms with Crippen LogP contribution in [0.5, 0.6) is 0 Å². The quantitative estimate of drug-likeness (QED) is 0.463. The first kappa shape index (κ1) is 20.3. The van der Waals surface area contributed by atoms with Crippen LogP contribution in [0.1, 0.15) is 17.3 Å². The van der Waals surface area contributed by atoms with Crippen molar-refractivity contribution in [2.24, 2.45) is 0 Å². The number of carbonyl (C=O) groups excluding carboxylic acids is 3. The predicted octanol–water partition coefficient (Wildman–Crippen LogP) is 0.152. The highest BCUT2D eigenvalue weighted by molar-refractivity contribution is 7.89. The van der Waals surface area contributed by atoms with Gasteiger partial charge in [0.1, 0.15) is 0 Å². The predicted molar refractivity (Wildman–Crippen MR) is 89.3 cm³/mol. The molecule has 0 heterocycles. The molecule has 0 aliphatic heterocycles. The van der Waals surface area contributed by atoms with Crippen LogP contribution in [-0.2, 0) is 19.6 Å². The van der Waals surface area contributed by atoms with Crippen molar-refractivity contribution >= 4 is 27.9 Å². The minimum Gasteiger partial charge on any atom is -0.449 e. The molecular formula is C15H19N3O6S. The molecule has 1 aromatic rings. The third kappa shape index (κ3) is 6.01. The summed E-state index contributed by atoms with van der Waals surface area (Å²) in [5.41, 5.74) is 0.0577. The Morgan fingerprint density at radius 2 is 1.84 bits per heavy atom. The molecule has 0 unspecified atom stereocenters.